The van der Waals surface area contributed by atoms with Gasteiger partial charge in [0.05, 0.1) is 22.6 Å². The highest BCUT2D eigenvalue weighted by molar-refractivity contribution is 7.26. The summed E-state index contributed by atoms with van der Waals surface area (Å²) >= 11 is 1.85. The van der Waals surface area contributed by atoms with E-state index >= 15 is 0 Å². The number of benzene rings is 4. The van der Waals surface area contributed by atoms with E-state index in [1.165, 1.54) is 36.5 Å². The molecule has 0 atom stereocenters. The number of hydrogen-bond donors (Lipinski definition) is 0. The molecule has 182 valence electrons. The lowest BCUT2D eigenvalue weighted by Gasteiger charge is -2.14. The zero-order valence-electron chi connectivity index (χ0n) is 20.9. The van der Waals surface area contributed by atoms with E-state index in [-0.39, 0.29) is 0 Å². The number of rotatable bonds is 3. The molecule has 0 spiro atoms. The van der Waals surface area contributed by atoms with Crippen molar-refractivity contribution in [2.45, 2.75) is 0 Å². The lowest BCUT2D eigenvalue weighted by atomic mass is 9.92. The molecule has 0 amide bonds. The van der Waals surface area contributed by atoms with Gasteiger partial charge in [-0.05, 0) is 36.4 Å². The molecule has 0 aliphatic rings. The van der Waals surface area contributed by atoms with Crippen LogP contribution in [0.3, 0.4) is 0 Å². The van der Waals surface area contributed by atoms with Crippen molar-refractivity contribution >= 4 is 53.2 Å². The highest BCUT2D eigenvalue weighted by atomic mass is 32.1. The maximum atomic E-state index is 5.21. The minimum atomic E-state index is 0.866. The van der Waals surface area contributed by atoms with E-state index in [9.17, 15) is 0 Å². The summed E-state index contributed by atoms with van der Waals surface area (Å²) < 4.78 is 2.55. The number of fused-ring (bicyclic) bond motifs is 7. The Morgan fingerprint density at radius 3 is 2.13 bits per heavy atom. The van der Waals surface area contributed by atoms with Gasteiger partial charge in [-0.15, -0.1) is 11.3 Å². The molecule has 0 saturated heterocycles. The second-order valence-electron chi connectivity index (χ2n) is 9.64. The Morgan fingerprint density at radius 1 is 0.538 bits per heavy atom. The minimum Gasteiger partial charge on any atom is -0.255 e. The zero-order valence-corrected chi connectivity index (χ0v) is 21.7. The molecule has 8 aromatic rings. The van der Waals surface area contributed by atoms with Crippen LogP contribution in [0.15, 0.2) is 128 Å². The molecule has 4 heteroatoms. The van der Waals surface area contributed by atoms with Crippen LogP contribution in [-0.4, -0.2) is 15.0 Å². The fourth-order valence-corrected chi connectivity index (χ4v) is 6.83. The SMILES string of the molecule is c1ccc(-c2nc3ccccc3c3c2cc(-c2ccc(-c4ccccn4)nc2)c2sc4ccccc4c23)cc1. The largest absolute Gasteiger partial charge is 0.255 e. The van der Waals surface area contributed by atoms with Crippen molar-refractivity contribution in [3.63, 3.8) is 0 Å². The van der Waals surface area contributed by atoms with Crippen LogP contribution in [0.25, 0.3) is 75.6 Å². The van der Waals surface area contributed by atoms with Crippen molar-refractivity contribution in [3.8, 4) is 33.8 Å². The van der Waals surface area contributed by atoms with Crippen molar-refractivity contribution in [1.82, 2.24) is 15.0 Å². The Morgan fingerprint density at radius 2 is 1.31 bits per heavy atom. The van der Waals surface area contributed by atoms with E-state index in [0.29, 0.717) is 0 Å². The molecule has 0 bridgehead atoms. The van der Waals surface area contributed by atoms with Gasteiger partial charge < -0.3 is 0 Å². The van der Waals surface area contributed by atoms with Crippen LogP contribution in [0.2, 0.25) is 0 Å². The lowest BCUT2D eigenvalue weighted by molar-refractivity contribution is 1.25. The molecule has 0 aliphatic carbocycles. The standard InChI is InChI=1S/C35H21N3S/c1-2-10-22(11-3-1)34-27-20-26(23-17-18-30(37-21-23)29-15-8-9-19-36-29)35-33(25-13-5-7-16-31(25)39-35)32(27)24-12-4-6-14-28(24)38-34/h1-21H. The third kappa shape index (κ3) is 3.53. The Hall–Kier alpha value is -4.93. The summed E-state index contributed by atoms with van der Waals surface area (Å²) in [6.45, 7) is 0. The highest BCUT2D eigenvalue weighted by Gasteiger charge is 2.20. The van der Waals surface area contributed by atoms with Gasteiger partial charge in [0, 0.05) is 65.4 Å². The molecule has 0 unspecified atom stereocenters. The van der Waals surface area contributed by atoms with Gasteiger partial charge in [0.15, 0.2) is 0 Å². The van der Waals surface area contributed by atoms with Gasteiger partial charge in [0.25, 0.3) is 0 Å². The van der Waals surface area contributed by atoms with Crippen molar-refractivity contribution in [1.29, 1.82) is 0 Å². The van der Waals surface area contributed by atoms with E-state index in [2.05, 4.69) is 102 Å². The van der Waals surface area contributed by atoms with E-state index in [4.69, 9.17) is 9.97 Å². The third-order valence-corrected chi connectivity index (χ3v) is 8.56. The average Bonchev–Trinajstić information content (AvgIpc) is 3.41. The first kappa shape index (κ1) is 22.1. The van der Waals surface area contributed by atoms with Crippen LogP contribution in [0.5, 0.6) is 0 Å². The molecule has 4 aromatic carbocycles. The minimum absolute atomic E-state index is 0.866. The topological polar surface area (TPSA) is 38.7 Å². The van der Waals surface area contributed by atoms with Gasteiger partial charge in [0.2, 0.25) is 0 Å². The van der Waals surface area contributed by atoms with Gasteiger partial charge in [-0.1, -0.05) is 78.9 Å². The molecule has 3 nitrogen and oxygen atoms in total. The maximum absolute atomic E-state index is 5.21. The maximum Gasteiger partial charge on any atom is 0.0886 e. The highest BCUT2D eigenvalue weighted by Crippen LogP contribution is 2.47. The fourth-order valence-electron chi connectivity index (χ4n) is 5.58. The van der Waals surface area contributed by atoms with Crippen LogP contribution in [0, 0.1) is 0 Å². The van der Waals surface area contributed by atoms with E-state index < -0.39 is 0 Å². The van der Waals surface area contributed by atoms with Crippen molar-refractivity contribution in [2.75, 3.05) is 0 Å². The number of thiophene rings is 1. The van der Waals surface area contributed by atoms with E-state index in [1.807, 2.05) is 35.7 Å². The van der Waals surface area contributed by atoms with Gasteiger partial charge in [-0.2, -0.15) is 0 Å². The first-order valence-corrected chi connectivity index (χ1v) is 13.8. The van der Waals surface area contributed by atoms with Gasteiger partial charge in [-0.3, -0.25) is 9.97 Å². The number of pyridine rings is 3. The number of para-hydroxylation sites is 1. The van der Waals surface area contributed by atoms with Crippen LogP contribution in [-0.2, 0) is 0 Å². The van der Waals surface area contributed by atoms with E-state index in [1.54, 1.807) is 6.20 Å². The first-order chi connectivity index (χ1) is 19.3. The van der Waals surface area contributed by atoms with Gasteiger partial charge in [0.1, 0.15) is 0 Å². The molecule has 0 aliphatic heterocycles. The molecule has 0 saturated carbocycles. The first-order valence-electron chi connectivity index (χ1n) is 12.9. The molecule has 0 N–H and O–H groups in total. The Bertz CT molecular complexity index is 2150. The Kier molecular flexibility index (Phi) is 5.00. The summed E-state index contributed by atoms with van der Waals surface area (Å²) in [4.78, 5) is 14.5. The Labute approximate surface area is 229 Å². The van der Waals surface area contributed by atoms with Gasteiger partial charge in [-0.25, -0.2) is 4.98 Å². The average molecular weight is 516 g/mol. The predicted molar refractivity (Wildman–Crippen MR) is 164 cm³/mol. The van der Waals surface area contributed by atoms with Crippen LogP contribution < -0.4 is 0 Å². The van der Waals surface area contributed by atoms with Crippen molar-refractivity contribution < 1.29 is 0 Å². The van der Waals surface area contributed by atoms with Crippen LogP contribution in [0.1, 0.15) is 0 Å². The molecule has 4 heterocycles. The van der Waals surface area contributed by atoms with E-state index in [0.717, 1.165) is 39.1 Å². The molecular weight excluding hydrogens is 494 g/mol. The lowest BCUT2D eigenvalue weighted by Crippen LogP contribution is -1.92. The zero-order chi connectivity index (χ0) is 25.8. The molecule has 0 fully saturated rings. The second-order valence-corrected chi connectivity index (χ2v) is 10.7. The second kappa shape index (κ2) is 8.83. The summed E-state index contributed by atoms with van der Waals surface area (Å²) in [7, 11) is 0. The third-order valence-electron chi connectivity index (χ3n) is 7.36. The van der Waals surface area contributed by atoms with Crippen LogP contribution >= 0.6 is 11.3 Å². The Balaban J connectivity index is 1.51. The number of nitrogens with zero attached hydrogens (tertiary/aromatic N) is 3. The summed E-state index contributed by atoms with van der Waals surface area (Å²) in [5, 5.41) is 6.15. The molecule has 4 aromatic heterocycles. The smallest absolute Gasteiger partial charge is 0.0886 e. The summed E-state index contributed by atoms with van der Waals surface area (Å²) in [5.41, 5.74) is 7.12. The normalized spacial score (nSPS) is 11.6. The molecule has 0 radical (unpaired) electrons. The summed E-state index contributed by atoms with van der Waals surface area (Å²) in [6, 6.07) is 40.2. The number of hydrogen-bond acceptors (Lipinski definition) is 4. The predicted octanol–water partition coefficient (Wildman–Crippen LogP) is 9.55. The van der Waals surface area contributed by atoms with Crippen molar-refractivity contribution in [2.24, 2.45) is 0 Å². The quantitative estimate of drug-likeness (QED) is 0.220. The van der Waals surface area contributed by atoms with Crippen molar-refractivity contribution in [3.05, 3.63) is 128 Å². The molecular formula is C35H21N3S. The fraction of sp³-hybridized carbons (Fsp3) is 0. The van der Waals surface area contributed by atoms with Crippen LogP contribution in [0.4, 0.5) is 0 Å². The monoisotopic (exact) mass is 515 g/mol. The molecule has 8 rings (SSSR count). The summed E-state index contributed by atoms with van der Waals surface area (Å²) in [5.74, 6) is 0. The van der Waals surface area contributed by atoms with Gasteiger partial charge >= 0.3 is 0 Å². The summed E-state index contributed by atoms with van der Waals surface area (Å²) in [6.07, 6.45) is 3.78. The number of aromatic nitrogens is 3. The molecule has 39 heavy (non-hydrogen) atoms.